The smallest absolute Gasteiger partial charge is 0.0406 e. The number of alkyl halides is 1. The largest absolute Gasteiger partial charge is 0.123 e. The molecule has 0 aliphatic rings. The van der Waals surface area contributed by atoms with Crippen molar-refractivity contribution >= 4 is 23.2 Å². The highest BCUT2D eigenvalue weighted by Gasteiger charge is 2.06. The lowest BCUT2D eigenvalue weighted by Crippen LogP contribution is -2.05. The van der Waals surface area contributed by atoms with Crippen LogP contribution in [-0.2, 0) is 12.8 Å². The van der Waals surface area contributed by atoms with Crippen LogP contribution in [0.5, 0.6) is 0 Å². The van der Waals surface area contributed by atoms with Gasteiger partial charge in [-0.1, -0.05) is 53.6 Å². The van der Waals surface area contributed by atoms with E-state index in [0.717, 1.165) is 24.3 Å². The average molecular weight is 293 g/mol. The van der Waals surface area contributed by atoms with Gasteiger partial charge >= 0.3 is 0 Å². The quantitative estimate of drug-likeness (QED) is 0.645. The zero-order valence-corrected chi connectivity index (χ0v) is 12.6. The van der Waals surface area contributed by atoms with Crippen molar-refractivity contribution in [3.05, 3.63) is 70.2 Å². The molecule has 0 fully saturated rings. The summed E-state index contributed by atoms with van der Waals surface area (Å²) in [5.41, 5.74) is 3.91. The fourth-order valence-electron chi connectivity index (χ4n) is 2.17. The van der Waals surface area contributed by atoms with Gasteiger partial charge in [-0.05, 0) is 49.4 Å². The fraction of sp³-hybridized carbons (Fsp3) is 0.294. The van der Waals surface area contributed by atoms with E-state index in [0.29, 0.717) is 0 Å². The third-order valence-corrected chi connectivity index (χ3v) is 3.82. The van der Waals surface area contributed by atoms with E-state index >= 15 is 0 Å². The molecule has 2 aromatic carbocycles. The number of halogens is 2. The van der Waals surface area contributed by atoms with Crippen molar-refractivity contribution in [3.8, 4) is 0 Å². The van der Waals surface area contributed by atoms with Crippen molar-refractivity contribution < 1.29 is 0 Å². The Labute approximate surface area is 125 Å². The maximum absolute atomic E-state index is 6.41. The Balaban J connectivity index is 1.84. The van der Waals surface area contributed by atoms with Crippen molar-refractivity contribution in [3.63, 3.8) is 0 Å². The Morgan fingerprint density at radius 2 is 1.74 bits per heavy atom. The zero-order chi connectivity index (χ0) is 13.7. The molecule has 0 aliphatic carbocycles. The summed E-state index contributed by atoms with van der Waals surface area (Å²) >= 11 is 12.3. The standard InChI is InChI=1S/C17H18Cl2/c1-13-3-2-4-14(11-13)7-10-17(19)12-15-5-8-16(18)9-6-15/h2-6,8-9,11,17H,7,10,12H2,1H3. The van der Waals surface area contributed by atoms with Gasteiger partial charge in [0.15, 0.2) is 0 Å². The summed E-state index contributed by atoms with van der Waals surface area (Å²) in [7, 11) is 0. The molecule has 0 N–H and O–H groups in total. The van der Waals surface area contributed by atoms with E-state index in [1.54, 1.807) is 0 Å². The van der Waals surface area contributed by atoms with Crippen LogP contribution >= 0.6 is 23.2 Å². The minimum absolute atomic E-state index is 0.168. The van der Waals surface area contributed by atoms with Crippen LogP contribution in [0.25, 0.3) is 0 Å². The predicted octanol–water partition coefficient (Wildman–Crippen LogP) is 5.43. The molecule has 0 spiro atoms. The lowest BCUT2D eigenvalue weighted by atomic mass is 10.0. The topological polar surface area (TPSA) is 0 Å². The van der Waals surface area contributed by atoms with Crippen LogP contribution in [0.1, 0.15) is 23.1 Å². The van der Waals surface area contributed by atoms with E-state index in [-0.39, 0.29) is 5.38 Å². The van der Waals surface area contributed by atoms with E-state index in [4.69, 9.17) is 23.2 Å². The van der Waals surface area contributed by atoms with E-state index in [9.17, 15) is 0 Å². The summed E-state index contributed by atoms with van der Waals surface area (Å²) in [6.45, 7) is 2.12. The van der Waals surface area contributed by atoms with Gasteiger partial charge in [-0.25, -0.2) is 0 Å². The minimum atomic E-state index is 0.168. The molecule has 0 aliphatic heterocycles. The molecule has 1 atom stereocenters. The molecule has 2 rings (SSSR count). The highest BCUT2D eigenvalue weighted by molar-refractivity contribution is 6.30. The van der Waals surface area contributed by atoms with Crippen LogP contribution in [0, 0.1) is 6.92 Å². The molecule has 19 heavy (non-hydrogen) atoms. The number of aryl methyl sites for hydroxylation is 2. The molecular formula is C17H18Cl2. The van der Waals surface area contributed by atoms with Gasteiger partial charge in [0.1, 0.15) is 0 Å². The summed E-state index contributed by atoms with van der Waals surface area (Å²) in [5, 5.41) is 0.941. The Morgan fingerprint density at radius 1 is 1.00 bits per heavy atom. The molecule has 1 unspecified atom stereocenters. The van der Waals surface area contributed by atoms with E-state index in [1.165, 1.54) is 16.7 Å². The first kappa shape index (κ1) is 14.4. The number of benzene rings is 2. The van der Waals surface area contributed by atoms with Crippen molar-refractivity contribution in [1.82, 2.24) is 0 Å². The van der Waals surface area contributed by atoms with Gasteiger partial charge in [-0.3, -0.25) is 0 Å². The second-order valence-electron chi connectivity index (χ2n) is 4.96. The second kappa shape index (κ2) is 6.98. The van der Waals surface area contributed by atoms with Crippen LogP contribution in [0.15, 0.2) is 48.5 Å². The predicted molar refractivity (Wildman–Crippen MR) is 84.3 cm³/mol. The van der Waals surface area contributed by atoms with Gasteiger partial charge in [-0.2, -0.15) is 0 Å². The van der Waals surface area contributed by atoms with Crippen molar-refractivity contribution in [2.75, 3.05) is 0 Å². The summed E-state index contributed by atoms with van der Waals surface area (Å²) in [6.07, 6.45) is 2.92. The lowest BCUT2D eigenvalue weighted by molar-refractivity contribution is 0.743. The van der Waals surface area contributed by atoms with Gasteiger partial charge in [0.05, 0.1) is 0 Å². The summed E-state index contributed by atoms with van der Waals surface area (Å²) in [4.78, 5) is 0. The van der Waals surface area contributed by atoms with Gasteiger partial charge in [0, 0.05) is 10.4 Å². The fourth-order valence-corrected chi connectivity index (χ4v) is 2.58. The number of hydrogen-bond donors (Lipinski definition) is 0. The third kappa shape index (κ3) is 4.89. The van der Waals surface area contributed by atoms with Crippen molar-refractivity contribution in [2.24, 2.45) is 0 Å². The normalized spacial score (nSPS) is 12.4. The van der Waals surface area contributed by atoms with Crippen LogP contribution in [0.4, 0.5) is 0 Å². The number of rotatable bonds is 5. The molecule has 2 aromatic rings. The molecule has 100 valence electrons. The molecule has 0 bridgehead atoms. The van der Waals surface area contributed by atoms with Crippen LogP contribution in [0.3, 0.4) is 0 Å². The van der Waals surface area contributed by atoms with Gasteiger partial charge in [0.2, 0.25) is 0 Å². The average Bonchev–Trinajstić information content (AvgIpc) is 2.39. The van der Waals surface area contributed by atoms with Gasteiger partial charge in [-0.15, -0.1) is 11.6 Å². The molecule has 0 saturated carbocycles. The summed E-state index contributed by atoms with van der Waals surface area (Å²) in [5.74, 6) is 0. The molecule has 0 saturated heterocycles. The zero-order valence-electron chi connectivity index (χ0n) is 11.1. The third-order valence-electron chi connectivity index (χ3n) is 3.20. The summed E-state index contributed by atoms with van der Waals surface area (Å²) < 4.78 is 0. The Morgan fingerprint density at radius 3 is 2.42 bits per heavy atom. The van der Waals surface area contributed by atoms with Crippen molar-refractivity contribution in [2.45, 2.75) is 31.6 Å². The van der Waals surface area contributed by atoms with E-state index in [1.807, 2.05) is 24.3 Å². The minimum Gasteiger partial charge on any atom is -0.123 e. The Hall–Kier alpha value is -0.980. The van der Waals surface area contributed by atoms with Crippen LogP contribution < -0.4 is 0 Å². The Bertz CT molecular complexity index is 517. The first-order valence-electron chi connectivity index (χ1n) is 6.57. The first-order chi connectivity index (χ1) is 9.13. The van der Waals surface area contributed by atoms with E-state index in [2.05, 4.69) is 31.2 Å². The van der Waals surface area contributed by atoms with Gasteiger partial charge in [0.25, 0.3) is 0 Å². The second-order valence-corrected chi connectivity index (χ2v) is 6.01. The molecule has 0 aromatic heterocycles. The number of hydrogen-bond acceptors (Lipinski definition) is 0. The molecule has 2 heteroatoms. The molecule has 0 heterocycles. The van der Waals surface area contributed by atoms with Crippen LogP contribution in [-0.4, -0.2) is 5.38 Å². The monoisotopic (exact) mass is 292 g/mol. The molecular weight excluding hydrogens is 275 g/mol. The molecule has 0 radical (unpaired) electrons. The highest BCUT2D eigenvalue weighted by Crippen LogP contribution is 2.17. The SMILES string of the molecule is Cc1cccc(CCC(Cl)Cc2ccc(Cl)cc2)c1. The van der Waals surface area contributed by atoms with E-state index < -0.39 is 0 Å². The first-order valence-corrected chi connectivity index (χ1v) is 7.39. The maximum atomic E-state index is 6.41. The van der Waals surface area contributed by atoms with Crippen LogP contribution in [0.2, 0.25) is 5.02 Å². The summed E-state index contributed by atoms with van der Waals surface area (Å²) in [6, 6.07) is 16.5. The van der Waals surface area contributed by atoms with Gasteiger partial charge < -0.3 is 0 Å². The van der Waals surface area contributed by atoms with Crippen molar-refractivity contribution in [1.29, 1.82) is 0 Å². The highest BCUT2D eigenvalue weighted by atomic mass is 35.5. The molecule has 0 nitrogen and oxygen atoms in total. The molecule has 0 amide bonds. The maximum Gasteiger partial charge on any atom is 0.0406 e. The lowest BCUT2D eigenvalue weighted by Gasteiger charge is -2.10. The Kier molecular flexibility index (Phi) is 5.30.